The van der Waals surface area contributed by atoms with Crippen molar-refractivity contribution in [2.24, 2.45) is 0 Å². The van der Waals surface area contributed by atoms with Crippen molar-refractivity contribution in [3.8, 4) is 5.75 Å². The van der Waals surface area contributed by atoms with Crippen LogP contribution in [0.5, 0.6) is 5.75 Å². The fourth-order valence-corrected chi connectivity index (χ4v) is 4.58. The standard InChI is InChI=1S/C23H23N5O3S/c1-14(20(29)24-16-11-12-16)32-23-26-25-22-27(13-15-7-3-6-10-19(15)31-2)21(30)17-8-4-5-9-18(17)28(22)23/h3-10,14,16H,11-13H2,1-2H3,(H,24,29). The van der Waals surface area contributed by atoms with Crippen LogP contribution in [-0.4, -0.2) is 43.5 Å². The summed E-state index contributed by atoms with van der Waals surface area (Å²) in [5.41, 5.74) is 1.43. The summed E-state index contributed by atoms with van der Waals surface area (Å²) in [4.78, 5) is 25.9. The van der Waals surface area contributed by atoms with Gasteiger partial charge >= 0.3 is 0 Å². The second-order valence-corrected chi connectivity index (χ2v) is 9.19. The summed E-state index contributed by atoms with van der Waals surface area (Å²) in [5, 5.41) is 12.5. The first-order valence-corrected chi connectivity index (χ1v) is 11.4. The maximum absolute atomic E-state index is 13.4. The number of hydrogen-bond donors (Lipinski definition) is 1. The first-order chi connectivity index (χ1) is 15.6. The number of ether oxygens (including phenoxy) is 1. The molecule has 164 valence electrons. The lowest BCUT2D eigenvalue weighted by molar-refractivity contribution is -0.120. The van der Waals surface area contributed by atoms with Crippen molar-refractivity contribution in [2.45, 2.75) is 42.8 Å². The van der Waals surface area contributed by atoms with E-state index >= 15 is 0 Å². The molecular formula is C23H23N5O3S. The smallest absolute Gasteiger partial charge is 0.263 e. The number of fused-ring (bicyclic) bond motifs is 3. The molecule has 0 spiro atoms. The second-order valence-electron chi connectivity index (χ2n) is 7.88. The Balaban J connectivity index is 1.62. The van der Waals surface area contributed by atoms with Gasteiger partial charge in [0.1, 0.15) is 5.75 Å². The number of nitrogens with zero attached hydrogens (tertiary/aromatic N) is 4. The summed E-state index contributed by atoms with van der Waals surface area (Å²) in [7, 11) is 1.61. The van der Waals surface area contributed by atoms with Gasteiger partial charge in [0.05, 0.1) is 29.8 Å². The number of rotatable bonds is 7. The Morgan fingerprint density at radius 2 is 1.94 bits per heavy atom. The molecule has 2 heterocycles. The lowest BCUT2D eigenvalue weighted by atomic mass is 10.2. The van der Waals surface area contributed by atoms with Crippen LogP contribution in [0.25, 0.3) is 16.7 Å². The van der Waals surface area contributed by atoms with Gasteiger partial charge in [-0.3, -0.25) is 18.6 Å². The Hall–Kier alpha value is -3.33. The van der Waals surface area contributed by atoms with Gasteiger partial charge in [-0.15, -0.1) is 10.2 Å². The molecule has 1 unspecified atom stereocenters. The predicted molar refractivity (Wildman–Crippen MR) is 123 cm³/mol. The van der Waals surface area contributed by atoms with Crippen LogP contribution in [-0.2, 0) is 11.3 Å². The first-order valence-electron chi connectivity index (χ1n) is 10.5. The van der Waals surface area contributed by atoms with Crippen LogP contribution in [0.4, 0.5) is 0 Å². The Labute approximate surface area is 188 Å². The van der Waals surface area contributed by atoms with Crippen molar-refractivity contribution in [1.29, 1.82) is 0 Å². The van der Waals surface area contributed by atoms with Gasteiger partial charge in [0.2, 0.25) is 11.7 Å². The molecule has 9 heteroatoms. The van der Waals surface area contributed by atoms with Crippen molar-refractivity contribution in [3.63, 3.8) is 0 Å². The third-order valence-electron chi connectivity index (χ3n) is 5.57. The third kappa shape index (κ3) is 3.73. The maximum Gasteiger partial charge on any atom is 0.263 e. The van der Waals surface area contributed by atoms with E-state index in [9.17, 15) is 9.59 Å². The molecule has 2 aromatic carbocycles. The van der Waals surface area contributed by atoms with E-state index in [0.29, 0.717) is 33.6 Å². The van der Waals surface area contributed by atoms with Crippen molar-refractivity contribution < 1.29 is 9.53 Å². The number of para-hydroxylation sites is 2. The summed E-state index contributed by atoms with van der Waals surface area (Å²) in [6.07, 6.45) is 2.08. The van der Waals surface area contributed by atoms with Gasteiger partial charge in [0.25, 0.3) is 5.56 Å². The molecule has 0 saturated heterocycles. The Morgan fingerprint density at radius 1 is 1.19 bits per heavy atom. The summed E-state index contributed by atoms with van der Waals surface area (Å²) in [6.45, 7) is 2.15. The molecule has 0 bridgehead atoms. The van der Waals surface area contributed by atoms with Crippen molar-refractivity contribution in [1.82, 2.24) is 24.5 Å². The minimum Gasteiger partial charge on any atom is -0.496 e. The van der Waals surface area contributed by atoms with Crippen molar-refractivity contribution in [2.75, 3.05) is 7.11 Å². The number of hydrogen-bond acceptors (Lipinski definition) is 6. The van der Waals surface area contributed by atoms with Crippen LogP contribution in [0.3, 0.4) is 0 Å². The van der Waals surface area contributed by atoms with E-state index in [1.807, 2.05) is 53.8 Å². The van der Waals surface area contributed by atoms with Gasteiger partial charge in [0.15, 0.2) is 5.16 Å². The zero-order valence-corrected chi connectivity index (χ0v) is 18.6. The minimum absolute atomic E-state index is 0.0131. The molecule has 4 aromatic rings. The number of benzene rings is 2. The predicted octanol–water partition coefficient (Wildman–Crippen LogP) is 2.86. The highest BCUT2D eigenvalue weighted by molar-refractivity contribution is 8.00. The van der Waals surface area contributed by atoms with E-state index in [4.69, 9.17) is 4.74 Å². The molecule has 1 aliphatic rings. The zero-order valence-electron chi connectivity index (χ0n) is 17.8. The molecule has 1 aliphatic carbocycles. The van der Waals surface area contributed by atoms with Gasteiger partial charge in [-0.05, 0) is 38.0 Å². The second kappa shape index (κ2) is 8.31. The number of carbonyl (C=O) groups is 1. The Bertz CT molecular complexity index is 1380. The highest BCUT2D eigenvalue weighted by atomic mass is 32.2. The van der Waals surface area contributed by atoms with Crippen LogP contribution < -0.4 is 15.6 Å². The number of nitrogens with one attached hydrogen (secondary N) is 1. The molecule has 2 aromatic heterocycles. The average Bonchev–Trinajstić information content (AvgIpc) is 3.53. The fourth-order valence-electron chi connectivity index (χ4n) is 3.71. The highest BCUT2D eigenvalue weighted by Crippen LogP contribution is 2.27. The molecule has 1 fully saturated rings. The topological polar surface area (TPSA) is 90.5 Å². The Morgan fingerprint density at radius 3 is 2.72 bits per heavy atom. The summed E-state index contributed by atoms with van der Waals surface area (Å²) >= 11 is 1.34. The molecule has 1 amide bonds. The summed E-state index contributed by atoms with van der Waals surface area (Å²) in [6, 6.07) is 15.3. The van der Waals surface area contributed by atoms with Gasteiger partial charge in [-0.2, -0.15) is 0 Å². The van der Waals surface area contributed by atoms with Gasteiger partial charge in [0, 0.05) is 11.6 Å². The van der Waals surface area contributed by atoms with E-state index in [-0.39, 0.29) is 23.3 Å². The molecule has 0 radical (unpaired) electrons. The molecule has 0 aliphatic heterocycles. The summed E-state index contributed by atoms with van der Waals surface area (Å²) < 4.78 is 8.93. The molecule has 32 heavy (non-hydrogen) atoms. The number of thioether (sulfide) groups is 1. The third-order valence-corrected chi connectivity index (χ3v) is 6.62. The largest absolute Gasteiger partial charge is 0.496 e. The lowest BCUT2D eigenvalue weighted by Gasteiger charge is -2.14. The van der Waals surface area contributed by atoms with E-state index in [0.717, 1.165) is 18.4 Å². The minimum atomic E-state index is -0.337. The molecule has 5 rings (SSSR count). The molecular weight excluding hydrogens is 426 g/mol. The van der Waals surface area contributed by atoms with Crippen LogP contribution in [0.15, 0.2) is 58.5 Å². The van der Waals surface area contributed by atoms with E-state index in [1.54, 1.807) is 17.7 Å². The number of carbonyl (C=O) groups excluding carboxylic acids is 1. The fraction of sp³-hybridized carbons (Fsp3) is 0.304. The first kappa shape index (κ1) is 20.6. The van der Waals surface area contributed by atoms with Crippen molar-refractivity contribution in [3.05, 3.63) is 64.4 Å². The monoisotopic (exact) mass is 449 g/mol. The summed E-state index contributed by atoms with van der Waals surface area (Å²) in [5.74, 6) is 1.11. The quantitative estimate of drug-likeness (QED) is 0.437. The van der Waals surface area contributed by atoms with Crippen LogP contribution in [0, 0.1) is 0 Å². The highest BCUT2D eigenvalue weighted by Gasteiger charge is 2.27. The lowest BCUT2D eigenvalue weighted by Crippen LogP contribution is -2.32. The van der Waals surface area contributed by atoms with Gasteiger partial charge in [-0.25, -0.2) is 0 Å². The Kier molecular flexibility index (Phi) is 5.34. The van der Waals surface area contributed by atoms with Crippen LogP contribution >= 0.6 is 11.8 Å². The zero-order chi connectivity index (χ0) is 22.2. The van der Waals surface area contributed by atoms with Crippen LogP contribution in [0.2, 0.25) is 0 Å². The van der Waals surface area contributed by atoms with Crippen LogP contribution in [0.1, 0.15) is 25.3 Å². The maximum atomic E-state index is 13.4. The molecule has 1 saturated carbocycles. The number of amides is 1. The van der Waals surface area contributed by atoms with Gasteiger partial charge in [-0.1, -0.05) is 42.1 Å². The molecule has 1 atom stereocenters. The SMILES string of the molecule is COc1ccccc1Cn1c(=O)c2ccccc2n2c(SC(C)C(=O)NC3CC3)nnc12. The normalized spacial score (nSPS) is 14.6. The average molecular weight is 450 g/mol. The molecule has 1 N–H and O–H groups in total. The van der Waals surface area contributed by atoms with Gasteiger partial charge < -0.3 is 10.1 Å². The van der Waals surface area contributed by atoms with E-state index in [2.05, 4.69) is 15.5 Å². The number of aromatic nitrogens is 4. The molecule has 8 nitrogen and oxygen atoms in total. The van der Waals surface area contributed by atoms with E-state index < -0.39 is 0 Å². The number of methoxy groups -OCH3 is 1. The van der Waals surface area contributed by atoms with E-state index in [1.165, 1.54) is 11.8 Å². The van der Waals surface area contributed by atoms with Crippen molar-refractivity contribution >= 4 is 34.3 Å².